The Kier molecular flexibility index (Phi) is 4.30. The fourth-order valence-corrected chi connectivity index (χ4v) is 2.45. The minimum Gasteiger partial charge on any atom is -0.352 e. The van der Waals surface area contributed by atoms with Gasteiger partial charge in [-0.1, -0.05) is 35.8 Å². The highest BCUT2D eigenvalue weighted by Gasteiger charge is 2.14. The molecule has 4 heteroatoms. The smallest absolute Gasteiger partial charge is 0.253 e. The molecule has 1 heterocycles. The van der Waals surface area contributed by atoms with E-state index in [0.717, 1.165) is 27.5 Å². The molecule has 0 atom stereocenters. The van der Waals surface area contributed by atoms with Crippen molar-refractivity contribution in [3.8, 4) is 0 Å². The van der Waals surface area contributed by atoms with E-state index in [-0.39, 0.29) is 5.91 Å². The van der Waals surface area contributed by atoms with Crippen molar-refractivity contribution < 1.29 is 4.79 Å². The zero-order valence-corrected chi connectivity index (χ0v) is 13.1. The molecule has 0 radical (unpaired) electrons. The van der Waals surface area contributed by atoms with Gasteiger partial charge in [0.2, 0.25) is 0 Å². The van der Waals surface area contributed by atoms with Gasteiger partial charge in [0.15, 0.2) is 0 Å². The second kappa shape index (κ2) is 5.78. The van der Waals surface area contributed by atoms with Crippen LogP contribution in [0.5, 0.6) is 0 Å². The van der Waals surface area contributed by atoms with Crippen LogP contribution < -0.4 is 5.32 Å². The summed E-state index contributed by atoms with van der Waals surface area (Å²) in [5.74, 6) is 0.464. The van der Waals surface area contributed by atoms with Gasteiger partial charge in [0, 0.05) is 34.7 Å². The lowest BCUT2D eigenvalue weighted by Crippen LogP contribution is -2.27. The van der Waals surface area contributed by atoms with Gasteiger partial charge < -0.3 is 9.88 Å². The standard InChI is InChI=1S/C15H19BrN2O/c1-4-18-9-13(15(19)17-8-10(2)3)12-6-5-11(16)7-14(12)18/h5-7,9-10H,4,8H2,1-3H3,(H,17,19). The molecule has 0 spiro atoms. The van der Waals surface area contributed by atoms with Crippen molar-refractivity contribution in [2.75, 3.05) is 6.54 Å². The number of carbonyl (C=O) groups is 1. The Morgan fingerprint density at radius 1 is 1.42 bits per heavy atom. The lowest BCUT2D eigenvalue weighted by atomic mass is 10.1. The van der Waals surface area contributed by atoms with E-state index in [2.05, 4.69) is 52.7 Å². The zero-order valence-electron chi connectivity index (χ0n) is 11.5. The Morgan fingerprint density at radius 3 is 2.79 bits per heavy atom. The monoisotopic (exact) mass is 322 g/mol. The minimum atomic E-state index is 0.00761. The largest absolute Gasteiger partial charge is 0.352 e. The van der Waals surface area contributed by atoms with E-state index < -0.39 is 0 Å². The first-order valence-corrected chi connectivity index (χ1v) is 7.38. The third-order valence-electron chi connectivity index (χ3n) is 3.10. The molecule has 0 unspecified atom stereocenters. The van der Waals surface area contributed by atoms with Crippen LogP contribution >= 0.6 is 15.9 Å². The quantitative estimate of drug-likeness (QED) is 0.912. The predicted octanol–water partition coefficient (Wildman–Crippen LogP) is 3.81. The van der Waals surface area contributed by atoms with Crippen LogP contribution in [0.1, 0.15) is 31.1 Å². The van der Waals surface area contributed by atoms with Crippen molar-refractivity contribution in [2.45, 2.75) is 27.3 Å². The average Bonchev–Trinajstić information content (AvgIpc) is 2.73. The SMILES string of the molecule is CCn1cc(C(=O)NCC(C)C)c2ccc(Br)cc21. The third kappa shape index (κ3) is 3.00. The number of carbonyl (C=O) groups excluding carboxylic acids is 1. The lowest BCUT2D eigenvalue weighted by molar-refractivity contribution is 0.0950. The molecule has 0 fully saturated rings. The fourth-order valence-electron chi connectivity index (χ4n) is 2.10. The van der Waals surface area contributed by atoms with Crippen LogP contribution in [0.2, 0.25) is 0 Å². The topological polar surface area (TPSA) is 34.0 Å². The van der Waals surface area contributed by atoms with Crippen LogP contribution in [0.25, 0.3) is 10.9 Å². The van der Waals surface area contributed by atoms with E-state index in [1.54, 1.807) is 0 Å². The number of halogens is 1. The van der Waals surface area contributed by atoms with Crippen molar-refractivity contribution in [3.63, 3.8) is 0 Å². The Morgan fingerprint density at radius 2 is 2.16 bits per heavy atom. The van der Waals surface area contributed by atoms with Gasteiger partial charge in [-0.3, -0.25) is 4.79 Å². The normalized spacial score (nSPS) is 11.2. The molecule has 0 bridgehead atoms. The molecule has 0 aliphatic heterocycles. The molecule has 2 rings (SSSR count). The summed E-state index contributed by atoms with van der Waals surface area (Å²) in [4.78, 5) is 12.2. The van der Waals surface area contributed by atoms with E-state index in [1.165, 1.54) is 0 Å². The summed E-state index contributed by atoms with van der Waals surface area (Å²) in [6.07, 6.45) is 1.94. The first-order valence-electron chi connectivity index (χ1n) is 6.59. The number of amides is 1. The summed E-state index contributed by atoms with van der Waals surface area (Å²) in [5, 5.41) is 3.98. The molecule has 0 aliphatic carbocycles. The van der Waals surface area contributed by atoms with Crippen LogP contribution in [-0.2, 0) is 6.54 Å². The van der Waals surface area contributed by atoms with Gasteiger partial charge in [-0.15, -0.1) is 0 Å². The van der Waals surface area contributed by atoms with Gasteiger partial charge in [-0.05, 0) is 25.0 Å². The summed E-state index contributed by atoms with van der Waals surface area (Å²) in [6.45, 7) is 7.81. The van der Waals surface area contributed by atoms with E-state index >= 15 is 0 Å². The number of benzene rings is 1. The Balaban J connectivity index is 2.40. The average molecular weight is 323 g/mol. The predicted molar refractivity (Wildman–Crippen MR) is 82.5 cm³/mol. The van der Waals surface area contributed by atoms with Gasteiger partial charge in [-0.25, -0.2) is 0 Å². The molecule has 1 N–H and O–H groups in total. The number of hydrogen-bond donors (Lipinski definition) is 1. The number of rotatable bonds is 4. The number of nitrogens with one attached hydrogen (secondary N) is 1. The summed E-state index contributed by atoms with van der Waals surface area (Å²) >= 11 is 3.48. The summed E-state index contributed by atoms with van der Waals surface area (Å²) in [7, 11) is 0. The fraction of sp³-hybridized carbons (Fsp3) is 0.400. The van der Waals surface area contributed by atoms with Crippen molar-refractivity contribution in [3.05, 3.63) is 34.4 Å². The van der Waals surface area contributed by atoms with Crippen molar-refractivity contribution in [2.24, 2.45) is 5.92 Å². The highest BCUT2D eigenvalue weighted by Crippen LogP contribution is 2.25. The molecule has 19 heavy (non-hydrogen) atoms. The molecule has 1 amide bonds. The van der Waals surface area contributed by atoms with E-state index in [0.29, 0.717) is 12.5 Å². The van der Waals surface area contributed by atoms with Gasteiger partial charge >= 0.3 is 0 Å². The van der Waals surface area contributed by atoms with Crippen LogP contribution in [0.3, 0.4) is 0 Å². The van der Waals surface area contributed by atoms with E-state index in [9.17, 15) is 4.79 Å². The molecule has 0 saturated carbocycles. The number of aromatic nitrogens is 1. The van der Waals surface area contributed by atoms with Crippen molar-refractivity contribution in [1.29, 1.82) is 0 Å². The van der Waals surface area contributed by atoms with Crippen molar-refractivity contribution in [1.82, 2.24) is 9.88 Å². The first-order chi connectivity index (χ1) is 9.02. The third-order valence-corrected chi connectivity index (χ3v) is 3.59. The second-order valence-corrected chi connectivity index (χ2v) is 6.01. The van der Waals surface area contributed by atoms with E-state index in [1.807, 2.05) is 18.3 Å². The molecule has 0 saturated heterocycles. The number of aryl methyl sites for hydroxylation is 1. The maximum atomic E-state index is 12.2. The van der Waals surface area contributed by atoms with Crippen molar-refractivity contribution >= 4 is 32.7 Å². The minimum absolute atomic E-state index is 0.00761. The van der Waals surface area contributed by atoms with Gasteiger partial charge in [0.25, 0.3) is 5.91 Å². The Labute approximate surface area is 122 Å². The van der Waals surface area contributed by atoms with Gasteiger partial charge in [-0.2, -0.15) is 0 Å². The van der Waals surface area contributed by atoms with Crippen LogP contribution in [0.15, 0.2) is 28.9 Å². The highest BCUT2D eigenvalue weighted by molar-refractivity contribution is 9.10. The Bertz CT molecular complexity index is 601. The first kappa shape index (κ1) is 14.1. The molecular formula is C15H19BrN2O. The zero-order chi connectivity index (χ0) is 14.0. The maximum Gasteiger partial charge on any atom is 0.253 e. The molecule has 1 aromatic heterocycles. The van der Waals surface area contributed by atoms with E-state index in [4.69, 9.17) is 0 Å². The van der Waals surface area contributed by atoms with Crippen LogP contribution in [-0.4, -0.2) is 17.0 Å². The van der Waals surface area contributed by atoms with Gasteiger partial charge in [0.05, 0.1) is 5.56 Å². The molecular weight excluding hydrogens is 304 g/mol. The maximum absolute atomic E-state index is 12.2. The van der Waals surface area contributed by atoms with Crippen LogP contribution in [0, 0.1) is 5.92 Å². The van der Waals surface area contributed by atoms with Crippen LogP contribution in [0.4, 0.5) is 0 Å². The summed E-state index contributed by atoms with van der Waals surface area (Å²) < 4.78 is 3.13. The summed E-state index contributed by atoms with van der Waals surface area (Å²) in [5.41, 5.74) is 1.84. The molecule has 2 aromatic rings. The number of fused-ring (bicyclic) bond motifs is 1. The second-order valence-electron chi connectivity index (χ2n) is 5.09. The molecule has 102 valence electrons. The van der Waals surface area contributed by atoms with Gasteiger partial charge in [0.1, 0.15) is 0 Å². The highest BCUT2D eigenvalue weighted by atomic mass is 79.9. The molecule has 1 aromatic carbocycles. The number of hydrogen-bond acceptors (Lipinski definition) is 1. The Hall–Kier alpha value is -1.29. The summed E-state index contributed by atoms with van der Waals surface area (Å²) in [6, 6.07) is 6.02. The molecule has 0 aliphatic rings. The lowest BCUT2D eigenvalue weighted by Gasteiger charge is -2.06. The number of nitrogens with zero attached hydrogens (tertiary/aromatic N) is 1. The molecule has 3 nitrogen and oxygen atoms in total.